The van der Waals surface area contributed by atoms with Gasteiger partial charge in [-0.2, -0.15) is 5.10 Å². The molecule has 1 aromatic rings. The summed E-state index contributed by atoms with van der Waals surface area (Å²) in [5, 5.41) is 7.69. The second-order valence-electron chi connectivity index (χ2n) is 9.51. The minimum absolute atomic E-state index is 0.0256. The van der Waals surface area contributed by atoms with E-state index in [2.05, 4.69) is 10.2 Å². The summed E-state index contributed by atoms with van der Waals surface area (Å²) in [5.41, 5.74) is -0.475. The Morgan fingerprint density at radius 2 is 1.54 bits per heavy atom. The molecule has 0 bridgehead atoms. The lowest BCUT2D eigenvalue weighted by molar-refractivity contribution is -0.00734. The van der Waals surface area contributed by atoms with Crippen LogP contribution in [0.3, 0.4) is 0 Å². The molecule has 2 heterocycles. The largest absolute Gasteiger partial charge is 0.444 e. The first kappa shape index (κ1) is 21.1. The first-order chi connectivity index (χ1) is 13.4. The number of nitrogens with zero attached hydrogens (tertiary/aromatic N) is 3. The standard InChI is InChI=1S/C22H38N4O2/c1-22(2,3)28-21(27)26-16-15-18(26)20-23-19(24-25-20)17-13-11-9-7-5-4-6-8-10-12-14-17/h17-18H,4-16H2,1-3H3,(H,23,24,25). The Morgan fingerprint density at radius 1 is 0.964 bits per heavy atom. The predicted molar refractivity (Wildman–Crippen MR) is 110 cm³/mol. The van der Waals surface area contributed by atoms with Crippen molar-refractivity contribution < 1.29 is 9.53 Å². The van der Waals surface area contributed by atoms with Crippen LogP contribution in [0.5, 0.6) is 0 Å². The van der Waals surface area contributed by atoms with Crippen LogP contribution in [0.1, 0.15) is 121 Å². The van der Waals surface area contributed by atoms with Crippen molar-refractivity contribution in [1.82, 2.24) is 20.1 Å². The summed E-state index contributed by atoms with van der Waals surface area (Å²) in [6.07, 6.45) is 15.1. The van der Waals surface area contributed by atoms with Crippen molar-refractivity contribution in [2.24, 2.45) is 0 Å². The molecule has 1 aliphatic heterocycles. The number of hydrogen-bond donors (Lipinski definition) is 1. The van der Waals surface area contributed by atoms with E-state index in [1.165, 1.54) is 70.6 Å². The van der Waals surface area contributed by atoms with Crippen LogP contribution in [0.25, 0.3) is 0 Å². The topological polar surface area (TPSA) is 71.1 Å². The number of carbonyl (C=O) groups excluding carboxylic acids is 1. The molecule has 6 nitrogen and oxygen atoms in total. The maximum atomic E-state index is 12.4. The Bertz CT molecular complexity index is 610. The maximum absolute atomic E-state index is 12.4. The molecule has 0 aromatic carbocycles. The fourth-order valence-electron chi connectivity index (χ4n) is 4.25. The summed E-state index contributed by atoms with van der Waals surface area (Å²) in [6.45, 7) is 6.42. The third kappa shape index (κ3) is 5.95. The average molecular weight is 391 g/mol. The van der Waals surface area contributed by atoms with Crippen molar-refractivity contribution in [3.8, 4) is 0 Å². The van der Waals surface area contributed by atoms with Gasteiger partial charge >= 0.3 is 6.09 Å². The Labute approximate surface area is 169 Å². The van der Waals surface area contributed by atoms with Crippen LogP contribution in [-0.2, 0) is 4.74 Å². The number of hydrogen-bond acceptors (Lipinski definition) is 4. The number of amides is 1. The van der Waals surface area contributed by atoms with Gasteiger partial charge in [-0.25, -0.2) is 9.78 Å². The van der Waals surface area contributed by atoms with Gasteiger partial charge in [-0.15, -0.1) is 0 Å². The molecule has 1 amide bonds. The van der Waals surface area contributed by atoms with Gasteiger partial charge in [0, 0.05) is 12.5 Å². The van der Waals surface area contributed by atoms with Crippen molar-refractivity contribution in [1.29, 1.82) is 0 Å². The van der Waals surface area contributed by atoms with E-state index in [1.807, 2.05) is 20.8 Å². The van der Waals surface area contributed by atoms with E-state index in [0.29, 0.717) is 5.92 Å². The quantitative estimate of drug-likeness (QED) is 0.685. The average Bonchev–Trinajstić information content (AvgIpc) is 3.01. The van der Waals surface area contributed by atoms with E-state index < -0.39 is 5.60 Å². The highest BCUT2D eigenvalue weighted by atomic mass is 16.6. The molecule has 1 saturated heterocycles. The van der Waals surface area contributed by atoms with Gasteiger partial charge in [0.05, 0.1) is 6.04 Å². The number of aromatic amines is 1. The predicted octanol–water partition coefficient (Wildman–Crippen LogP) is 5.87. The lowest BCUT2D eigenvalue weighted by Crippen LogP contribution is -2.47. The molecule has 0 spiro atoms. The molecule has 158 valence electrons. The van der Waals surface area contributed by atoms with Gasteiger partial charge in [0.25, 0.3) is 0 Å². The van der Waals surface area contributed by atoms with Crippen molar-refractivity contribution in [3.05, 3.63) is 11.6 Å². The fraction of sp³-hybridized carbons (Fsp3) is 0.864. The molecular weight excluding hydrogens is 352 g/mol. The molecule has 1 atom stereocenters. The first-order valence-corrected chi connectivity index (χ1v) is 11.4. The van der Waals surface area contributed by atoms with E-state index in [1.54, 1.807) is 4.90 Å². The molecular formula is C22H38N4O2. The zero-order chi connectivity index (χ0) is 20.0. The summed E-state index contributed by atoms with van der Waals surface area (Å²) in [4.78, 5) is 19.0. The van der Waals surface area contributed by atoms with Crippen molar-refractivity contribution in [2.75, 3.05) is 6.54 Å². The van der Waals surface area contributed by atoms with E-state index in [4.69, 9.17) is 9.72 Å². The lowest BCUT2D eigenvalue weighted by Gasteiger charge is -2.39. The zero-order valence-corrected chi connectivity index (χ0v) is 18.0. The summed E-state index contributed by atoms with van der Waals surface area (Å²) < 4.78 is 5.52. The van der Waals surface area contributed by atoms with E-state index in [9.17, 15) is 4.79 Å². The van der Waals surface area contributed by atoms with Gasteiger partial charge in [0.15, 0.2) is 5.82 Å². The van der Waals surface area contributed by atoms with E-state index >= 15 is 0 Å². The molecule has 1 N–H and O–H groups in total. The van der Waals surface area contributed by atoms with Gasteiger partial charge < -0.3 is 4.74 Å². The summed E-state index contributed by atoms with van der Waals surface area (Å²) >= 11 is 0. The number of H-pyrrole nitrogens is 1. The second-order valence-corrected chi connectivity index (χ2v) is 9.51. The molecule has 2 fully saturated rings. The van der Waals surface area contributed by atoms with Gasteiger partial charge in [-0.05, 0) is 40.0 Å². The third-order valence-corrected chi connectivity index (χ3v) is 5.95. The number of carbonyl (C=O) groups is 1. The molecule has 1 saturated carbocycles. The van der Waals surface area contributed by atoms with Crippen LogP contribution in [0.15, 0.2) is 0 Å². The first-order valence-electron chi connectivity index (χ1n) is 11.4. The highest BCUT2D eigenvalue weighted by Crippen LogP contribution is 2.34. The molecule has 1 unspecified atom stereocenters. The Morgan fingerprint density at radius 3 is 2.04 bits per heavy atom. The van der Waals surface area contributed by atoms with Gasteiger partial charge in [0.2, 0.25) is 0 Å². The SMILES string of the molecule is CC(C)(C)OC(=O)N1CCC1c1nc(C2CCCCCCCCCCC2)n[nH]1. The minimum atomic E-state index is -0.475. The third-order valence-electron chi connectivity index (χ3n) is 5.95. The Kier molecular flexibility index (Phi) is 7.36. The van der Waals surface area contributed by atoms with E-state index in [0.717, 1.165) is 24.6 Å². The van der Waals surface area contributed by atoms with E-state index in [-0.39, 0.29) is 12.1 Å². The Hall–Kier alpha value is -1.59. The minimum Gasteiger partial charge on any atom is -0.444 e. The van der Waals surface area contributed by atoms with Gasteiger partial charge in [-0.3, -0.25) is 10.00 Å². The molecule has 3 rings (SSSR count). The highest BCUT2D eigenvalue weighted by Gasteiger charge is 2.38. The smallest absolute Gasteiger partial charge is 0.410 e. The second kappa shape index (κ2) is 9.75. The van der Waals surface area contributed by atoms with Crippen LogP contribution >= 0.6 is 0 Å². The monoisotopic (exact) mass is 390 g/mol. The molecule has 6 heteroatoms. The maximum Gasteiger partial charge on any atom is 0.410 e. The van der Waals surface area contributed by atoms with Crippen molar-refractivity contribution in [2.45, 2.75) is 115 Å². The number of likely N-dealkylation sites (tertiary alicyclic amines) is 1. The molecule has 0 radical (unpaired) electrons. The zero-order valence-electron chi connectivity index (χ0n) is 18.0. The normalized spacial score (nSPS) is 23.4. The highest BCUT2D eigenvalue weighted by molar-refractivity contribution is 5.69. The molecule has 1 aliphatic carbocycles. The fourth-order valence-corrected chi connectivity index (χ4v) is 4.25. The van der Waals surface area contributed by atoms with Crippen molar-refractivity contribution in [3.63, 3.8) is 0 Å². The van der Waals surface area contributed by atoms with Crippen LogP contribution in [-0.4, -0.2) is 38.3 Å². The Balaban J connectivity index is 1.60. The molecule has 1 aromatic heterocycles. The molecule has 28 heavy (non-hydrogen) atoms. The summed E-state index contributed by atoms with van der Waals surface area (Å²) in [5.74, 6) is 2.21. The van der Waals surface area contributed by atoms with Gasteiger partial charge in [-0.1, -0.05) is 57.8 Å². The van der Waals surface area contributed by atoms with Crippen LogP contribution in [0.2, 0.25) is 0 Å². The number of rotatable bonds is 2. The number of ether oxygens (including phenoxy) is 1. The van der Waals surface area contributed by atoms with Gasteiger partial charge in [0.1, 0.15) is 11.4 Å². The van der Waals surface area contributed by atoms with Crippen LogP contribution in [0.4, 0.5) is 4.79 Å². The van der Waals surface area contributed by atoms with Crippen LogP contribution < -0.4 is 0 Å². The molecule has 2 aliphatic rings. The summed E-state index contributed by atoms with van der Waals surface area (Å²) in [7, 11) is 0. The number of nitrogens with one attached hydrogen (secondary N) is 1. The van der Waals surface area contributed by atoms with Crippen molar-refractivity contribution >= 4 is 6.09 Å². The van der Waals surface area contributed by atoms with Crippen LogP contribution in [0, 0.1) is 0 Å². The lowest BCUT2D eigenvalue weighted by atomic mass is 9.92. The number of aromatic nitrogens is 3. The summed E-state index contributed by atoms with van der Waals surface area (Å²) in [6, 6.07) is -0.0256.